The van der Waals surface area contributed by atoms with Crippen molar-refractivity contribution in [2.45, 2.75) is 98.0 Å². The third kappa shape index (κ3) is 6.28. The molecule has 0 aromatic rings. The van der Waals surface area contributed by atoms with E-state index < -0.39 is 17.8 Å². The third-order valence-electron chi connectivity index (χ3n) is 6.35. The molecule has 4 heteroatoms. The van der Waals surface area contributed by atoms with Gasteiger partial charge in [0.1, 0.15) is 6.10 Å². The maximum Gasteiger partial charge on any atom is 0.310 e. The van der Waals surface area contributed by atoms with Crippen molar-refractivity contribution in [1.29, 1.82) is 0 Å². The lowest BCUT2D eigenvalue weighted by Crippen LogP contribution is -2.39. The van der Waals surface area contributed by atoms with Gasteiger partial charge in [-0.3, -0.25) is 9.59 Å². The number of ether oxygens (including phenoxy) is 1. The molecular weight excluding hydrogens is 328 g/mol. The van der Waals surface area contributed by atoms with Gasteiger partial charge in [0.25, 0.3) is 0 Å². The number of carboxylic acid groups (broad SMARTS) is 1. The second-order valence-corrected chi connectivity index (χ2v) is 9.94. The lowest BCUT2D eigenvalue weighted by Gasteiger charge is -2.35. The zero-order valence-corrected chi connectivity index (χ0v) is 17.1. The second kappa shape index (κ2) is 9.23. The van der Waals surface area contributed by atoms with Crippen LogP contribution in [0, 0.1) is 29.1 Å². The van der Waals surface area contributed by atoms with Gasteiger partial charge in [-0.15, -0.1) is 0 Å². The topological polar surface area (TPSA) is 63.6 Å². The van der Waals surface area contributed by atoms with E-state index in [-0.39, 0.29) is 17.5 Å². The number of esters is 1. The monoisotopic (exact) mass is 366 g/mol. The van der Waals surface area contributed by atoms with Gasteiger partial charge in [-0.05, 0) is 62.2 Å². The van der Waals surface area contributed by atoms with Crippen molar-refractivity contribution < 1.29 is 19.4 Å². The van der Waals surface area contributed by atoms with E-state index in [1.807, 2.05) is 0 Å². The lowest BCUT2D eigenvalue weighted by molar-refractivity contribution is -0.167. The van der Waals surface area contributed by atoms with Crippen LogP contribution in [0.4, 0.5) is 0 Å². The number of hydrogen-bond acceptors (Lipinski definition) is 3. The Balaban J connectivity index is 2.04. The van der Waals surface area contributed by atoms with Crippen LogP contribution in [0.5, 0.6) is 0 Å². The molecule has 0 amide bonds. The quantitative estimate of drug-likeness (QED) is 0.636. The van der Waals surface area contributed by atoms with Crippen LogP contribution in [0.15, 0.2) is 0 Å². The molecule has 4 nitrogen and oxygen atoms in total. The summed E-state index contributed by atoms with van der Waals surface area (Å²) in [6.45, 7) is 8.73. The van der Waals surface area contributed by atoms with Gasteiger partial charge in [-0.1, -0.05) is 47.0 Å². The minimum Gasteiger partial charge on any atom is -0.481 e. The van der Waals surface area contributed by atoms with E-state index in [2.05, 4.69) is 27.7 Å². The molecule has 4 atom stereocenters. The first kappa shape index (κ1) is 21.2. The Bertz CT molecular complexity index is 473. The molecule has 0 heterocycles. The summed E-state index contributed by atoms with van der Waals surface area (Å²) in [5.41, 5.74) is 0.212. The van der Waals surface area contributed by atoms with E-state index in [1.165, 1.54) is 19.3 Å². The standard InChI is InChI=1S/C22H38O4/c1-15-10-11-17(18(14-15)20(23)24)21(25)26-19(12-13-22(2,3)4)16-8-6-5-7-9-16/h15-19H,5-14H2,1-4H3,(H,23,24). The molecule has 0 saturated heterocycles. The van der Waals surface area contributed by atoms with Crippen LogP contribution in [-0.4, -0.2) is 23.1 Å². The Hall–Kier alpha value is -1.06. The van der Waals surface area contributed by atoms with Crippen molar-refractivity contribution in [3.63, 3.8) is 0 Å². The number of hydrogen-bond donors (Lipinski definition) is 1. The van der Waals surface area contributed by atoms with Crippen molar-refractivity contribution in [1.82, 2.24) is 0 Å². The van der Waals surface area contributed by atoms with E-state index in [9.17, 15) is 14.7 Å². The molecule has 0 bridgehead atoms. The molecule has 2 rings (SSSR count). The summed E-state index contributed by atoms with van der Waals surface area (Å²) in [5.74, 6) is -1.34. The van der Waals surface area contributed by atoms with E-state index in [1.54, 1.807) is 0 Å². The van der Waals surface area contributed by atoms with Crippen LogP contribution in [0.3, 0.4) is 0 Å². The third-order valence-corrected chi connectivity index (χ3v) is 6.35. The fraction of sp³-hybridized carbons (Fsp3) is 0.909. The smallest absolute Gasteiger partial charge is 0.310 e. The first-order valence-corrected chi connectivity index (χ1v) is 10.6. The summed E-state index contributed by atoms with van der Waals surface area (Å²) in [6, 6.07) is 0. The average molecular weight is 367 g/mol. The lowest BCUT2D eigenvalue weighted by atomic mass is 9.74. The van der Waals surface area contributed by atoms with Gasteiger partial charge < -0.3 is 9.84 Å². The minimum atomic E-state index is -0.845. The highest BCUT2D eigenvalue weighted by Gasteiger charge is 2.40. The van der Waals surface area contributed by atoms with E-state index in [4.69, 9.17) is 4.74 Å². The molecule has 2 fully saturated rings. The molecule has 2 saturated carbocycles. The number of aliphatic carboxylic acids is 1. The summed E-state index contributed by atoms with van der Waals surface area (Å²) in [7, 11) is 0. The van der Waals surface area contributed by atoms with Crippen LogP contribution >= 0.6 is 0 Å². The zero-order chi connectivity index (χ0) is 19.3. The number of carbonyl (C=O) groups excluding carboxylic acids is 1. The van der Waals surface area contributed by atoms with Crippen molar-refractivity contribution in [3.05, 3.63) is 0 Å². The Morgan fingerprint density at radius 2 is 1.69 bits per heavy atom. The Morgan fingerprint density at radius 1 is 1.04 bits per heavy atom. The minimum absolute atomic E-state index is 0.0455. The molecule has 150 valence electrons. The van der Waals surface area contributed by atoms with Crippen LogP contribution < -0.4 is 0 Å². The predicted molar refractivity (Wildman–Crippen MR) is 103 cm³/mol. The summed E-state index contributed by atoms with van der Waals surface area (Å²) in [4.78, 5) is 24.6. The Labute approximate surface area is 159 Å². The van der Waals surface area contributed by atoms with Crippen molar-refractivity contribution in [2.75, 3.05) is 0 Å². The molecule has 2 aliphatic carbocycles. The maximum atomic E-state index is 12.9. The molecule has 0 aliphatic heterocycles. The average Bonchev–Trinajstić information content (AvgIpc) is 2.58. The van der Waals surface area contributed by atoms with Crippen LogP contribution in [0.2, 0.25) is 0 Å². The van der Waals surface area contributed by atoms with E-state index >= 15 is 0 Å². The van der Waals surface area contributed by atoms with Crippen LogP contribution in [0.1, 0.15) is 91.9 Å². The van der Waals surface area contributed by atoms with Crippen LogP contribution in [0.25, 0.3) is 0 Å². The van der Waals surface area contributed by atoms with Crippen molar-refractivity contribution in [2.24, 2.45) is 29.1 Å². The van der Waals surface area contributed by atoms with Gasteiger partial charge in [0.2, 0.25) is 0 Å². The summed E-state index contributed by atoms with van der Waals surface area (Å²) in [6.07, 6.45) is 9.98. The normalized spacial score (nSPS) is 29.2. The van der Waals surface area contributed by atoms with Crippen LogP contribution in [-0.2, 0) is 14.3 Å². The van der Waals surface area contributed by atoms with Crippen molar-refractivity contribution >= 4 is 11.9 Å². The Kier molecular flexibility index (Phi) is 7.54. The predicted octanol–water partition coefficient (Wildman–Crippen LogP) is 5.44. The number of carboxylic acids is 1. The van der Waals surface area contributed by atoms with E-state index in [0.717, 1.165) is 32.1 Å². The molecular formula is C22H38O4. The van der Waals surface area contributed by atoms with Gasteiger partial charge in [0, 0.05) is 0 Å². The maximum absolute atomic E-state index is 12.9. The van der Waals surface area contributed by atoms with Gasteiger partial charge in [-0.25, -0.2) is 0 Å². The second-order valence-electron chi connectivity index (χ2n) is 9.94. The molecule has 0 aromatic heterocycles. The number of rotatable bonds is 6. The van der Waals surface area contributed by atoms with Gasteiger partial charge >= 0.3 is 11.9 Å². The molecule has 2 aliphatic rings. The summed E-state index contributed by atoms with van der Waals surface area (Å²) >= 11 is 0. The SMILES string of the molecule is CC1CCC(C(=O)OC(CCC(C)(C)C)C2CCCCC2)C(C(=O)O)C1. The Morgan fingerprint density at radius 3 is 2.27 bits per heavy atom. The van der Waals surface area contributed by atoms with Gasteiger partial charge in [-0.2, -0.15) is 0 Å². The highest BCUT2D eigenvalue weighted by atomic mass is 16.5. The molecule has 0 aromatic carbocycles. The van der Waals surface area contributed by atoms with Gasteiger partial charge in [0.15, 0.2) is 0 Å². The van der Waals surface area contributed by atoms with Crippen molar-refractivity contribution in [3.8, 4) is 0 Å². The molecule has 0 spiro atoms. The summed E-state index contributed by atoms with van der Waals surface area (Å²) < 4.78 is 6.04. The molecule has 4 unspecified atom stereocenters. The molecule has 1 N–H and O–H groups in total. The van der Waals surface area contributed by atoms with E-state index in [0.29, 0.717) is 24.7 Å². The molecule has 26 heavy (non-hydrogen) atoms. The fourth-order valence-electron chi connectivity index (χ4n) is 4.64. The fourth-order valence-corrected chi connectivity index (χ4v) is 4.64. The molecule has 0 radical (unpaired) electrons. The highest BCUT2D eigenvalue weighted by molar-refractivity contribution is 5.81. The first-order valence-electron chi connectivity index (χ1n) is 10.6. The van der Waals surface area contributed by atoms with Gasteiger partial charge in [0.05, 0.1) is 11.8 Å². The largest absolute Gasteiger partial charge is 0.481 e. The number of carbonyl (C=O) groups is 2. The summed E-state index contributed by atoms with van der Waals surface area (Å²) in [5, 5.41) is 9.56. The first-order chi connectivity index (χ1) is 12.2. The highest BCUT2D eigenvalue weighted by Crippen LogP contribution is 2.37. The zero-order valence-electron chi connectivity index (χ0n) is 17.1.